The smallest absolute Gasteiger partial charge is 0.336 e. The third kappa shape index (κ3) is 5.11. The molecule has 1 rings (SSSR count). The highest BCUT2D eigenvalue weighted by atomic mass is 16.6. The Hall–Kier alpha value is -1.78. The Balaban J connectivity index is 3.23. The van der Waals surface area contributed by atoms with E-state index in [0.29, 0.717) is 17.6 Å². The van der Waals surface area contributed by atoms with Crippen LogP contribution in [-0.2, 0) is 19.1 Å². The third-order valence-corrected chi connectivity index (χ3v) is 3.53. The van der Waals surface area contributed by atoms with Gasteiger partial charge >= 0.3 is 11.9 Å². The Morgan fingerprint density at radius 1 is 0.875 bits per heavy atom. The van der Waals surface area contributed by atoms with Gasteiger partial charge in [-0.3, -0.25) is 0 Å². The van der Waals surface area contributed by atoms with Crippen LogP contribution in [0.25, 0.3) is 0 Å². The van der Waals surface area contributed by atoms with E-state index in [2.05, 4.69) is 5.32 Å². The van der Waals surface area contributed by atoms with Crippen molar-refractivity contribution in [3.05, 3.63) is 22.5 Å². The number of carbonyl (C=O) groups is 2. The minimum absolute atomic E-state index is 0.337. The topological polar surface area (TPSA) is 64.6 Å². The second-order valence-corrected chi connectivity index (χ2v) is 8.17. The van der Waals surface area contributed by atoms with E-state index in [1.165, 1.54) is 0 Å². The van der Waals surface area contributed by atoms with Crippen molar-refractivity contribution in [2.75, 3.05) is 0 Å². The van der Waals surface area contributed by atoms with E-state index in [1.54, 1.807) is 0 Å². The zero-order valence-corrected chi connectivity index (χ0v) is 16.4. The highest BCUT2D eigenvalue weighted by molar-refractivity contribution is 5.98. The quantitative estimate of drug-likeness (QED) is 0.793. The Morgan fingerprint density at radius 3 is 1.46 bits per heavy atom. The van der Waals surface area contributed by atoms with Crippen LogP contribution in [0.5, 0.6) is 0 Å². The van der Waals surface area contributed by atoms with Crippen molar-refractivity contribution in [1.29, 1.82) is 0 Å². The molecule has 0 bridgehead atoms. The van der Waals surface area contributed by atoms with Crippen molar-refractivity contribution < 1.29 is 19.1 Å². The zero-order chi connectivity index (χ0) is 18.9. The summed E-state index contributed by atoms with van der Waals surface area (Å²) in [5, 5.41) is 3.13. The third-order valence-electron chi connectivity index (χ3n) is 3.53. The summed E-state index contributed by atoms with van der Waals surface area (Å²) in [6, 6.07) is 0. The van der Waals surface area contributed by atoms with Crippen molar-refractivity contribution in [1.82, 2.24) is 5.32 Å². The molecule has 0 aromatic rings. The first kappa shape index (κ1) is 20.3. The monoisotopic (exact) mass is 337 g/mol. The lowest BCUT2D eigenvalue weighted by Gasteiger charge is -2.32. The van der Waals surface area contributed by atoms with E-state index >= 15 is 0 Å². The maximum absolute atomic E-state index is 12.7. The van der Waals surface area contributed by atoms with Crippen molar-refractivity contribution >= 4 is 11.9 Å². The number of nitrogens with one attached hydrogen (secondary N) is 1. The molecule has 136 valence electrons. The number of hydrogen-bond donors (Lipinski definition) is 1. The van der Waals surface area contributed by atoms with Gasteiger partial charge in [-0.05, 0) is 61.8 Å². The van der Waals surface area contributed by atoms with Gasteiger partial charge in [0.25, 0.3) is 0 Å². The lowest BCUT2D eigenvalue weighted by Crippen LogP contribution is -2.37. The molecule has 5 heteroatoms. The van der Waals surface area contributed by atoms with Gasteiger partial charge < -0.3 is 14.8 Å². The van der Waals surface area contributed by atoms with Crippen LogP contribution in [-0.4, -0.2) is 23.1 Å². The van der Waals surface area contributed by atoms with Crippen LogP contribution >= 0.6 is 0 Å². The fraction of sp³-hybridized carbons (Fsp3) is 0.684. The van der Waals surface area contributed by atoms with E-state index in [-0.39, 0.29) is 5.92 Å². The average molecular weight is 337 g/mol. The summed E-state index contributed by atoms with van der Waals surface area (Å²) in [7, 11) is 0. The Kier molecular flexibility index (Phi) is 5.91. The number of ether oxygens (including phenoxy) is 2. The second kappa shape index (κ2) is 6.99. The lowest BCUT2D eigenvalue weighted by molar-refractivity contribution is -0.151. The minimum Gasteiger partial charge on any atom is -0.457 e. The van der Waals surface area contributed by atoms with Crippen molar-refractivity contribution in [3.63, 3.8) is 0 Å². The molecule has 1 aliphatic rings. The molecule has 0 fully saturated rings. The Bertz CT molecular complexity index is 535. The number of esters is 2. The molecule has 1 heterocycles. The van der Waals surface area contributed by atoms with E-state index in [9.17, 15) is 9.59 Å². The van der Waals surface area contributed by atoms with Crippen LogP contribution in [0.1, 0.15) is 68.7 Å². The van der Waals surface area contributed by atoms with Crippen LogP contribution in [0.3, 0.4) is 0 Å². The molecule has 0 spiro atoms. The van der Waals surface area contributed by atoms with Gasteiger partial charge in [0.15, 0.2) is 0 Å². The number of rotatable bonds is 3. The molecule has 24 heavy (non-hydrogen) atoms. The molecule has 0 saturated heterocycles. The fourth-order valence-corrected chi connectivity index (χ4v) is 2.75. The fourth-order valence-electron chi connectivity index (χ4n) is 2.75. The molecule has 5 nitrogen and oxygen atoms in total. The molecule has 0 atom stereocenters. The largest absolute Gasteiger partial charge is 0.457 e. The molecular weight excluding hydrogens is 306 g/mol. The van der Waals surface area contributed by atoms with Crippen LogP contribution < -0.4 is 5.32 Å². The van der Waals surface area contributed by atoms with Crippen molar-refractivity contribution in [3.8, 4) is 0 Å². The van der Waals surface area contributed by atoms with E-state index in [0.717, 1.165) is 11.4 Å². The summed E-state index contributed by atoms with van der Waals surface area (Å²) in [5.41, 5.74) is 1.26. The van der Waals surface area contributed by atoms with Crippen LogP contribution in [0.2, 0.25) is 0 Å². The van der Waals surface area contributed by atoms with Crippen LogP contribution in [0.4, 0.5) is 0 Å². The Labute approximate surface area is 145 Å². The minimum atomic E-state index is -0.592. The highest BCUT2D eigenvalue weighted by Crippen LogP contribution is 2.35. The van der Waals surface area contributed by atoms with Gasteiger partial charge in [0.1, 0.15) is 11.2 Å². The molecular formula is C19H31NO4. The SMILES string of the molecule is CCC1C(C(=O)OC(C)(C)C)=C(C)NC(C)=C1C(=O)OC(C)(C)C. The van der Waals surface area contributed by atoms with Gasteiger partial charge in [0, 0.05) is 17.3 Å². The highest BCUT2D eigenvalue weighted by Gasteiger charge is 2.37. The Morgan fingerprint density at radius 2 is 1.21 bits per heavy atom. The van der Waals surface area contributed by atoms with Gasteiger partial charge in [-0.1, -0.05) is 6.92 Å². The zero-order valence-electron chi connectivity index (χ0n) is 16.4. The first-order valence-electron chi connectivity index (χ1n) is 8.42. The maximum Gasteiger partial charge on any atom is 0.336 e. The molecule has 1 N–H and O–H groups in total. The van der Waals surface area contributed by atoms with E-state index < -0.39 is 23.1 Å². The summed E-state index contributed by atoms with van der Waals surface area (Å²) in [6.45, 7) is 16.6. The first-order valence-corrected chi connectivity index (χ1v) is 8.42. The molecule has 0 unspecified atom stereocenters. The second-order valence-electron chi connectivity index (χ2n) is 8.17. The maximum atomic E-state index is 12.7. The number of carbonyl (C=O) groups excluding carboxylic acids is 2. The summed E-state index contributed by atoms with van der Waals surface area (Å²) in [5.74, 6) is -1.13. The predicted molar refractivity (Wildman–Crippen MR) is 94.0 cm³/mol. The summed E-state index contributed by atoms with van der Waals surface area (Å²) in [6.07, 6.45) is 0.611. The number of allylic oxidation sites excluding steroid dienone is 2. The summed E-state index contributed by atoms with van der Waals surface area (Å²) in [4.78, 5) is 25.3. The number of hydrogen-bond acceptors (Lipinski definition) is 5. The molecule has 0 radical (unpaired) electrons. The van der Waals surface area contributed by atoms with Crippen molar-refractivity contribution in [2.24, 2.45) is 5.92 Å². The number of dihydropyridines is 1. The van der Waals surface area contributed by atoms with Gasteiger partial charge in [0.05, 0.1) is 11.1 Å². The van der Waals surface area contributed by atoms with E-state index in [1.807, 2.05) is 62.3 Å². The molecule has 0 aromatic carbocycles. The van der Waals surface area contributed by atoms with Gasteiger partial charge in [0.2, 0.25) is 0 Å². The molecule has 0 aromatic heterocycles. The summed E-state index contributed by atoms with van der Waals surface area (Å²) >= 11 is 0. The predicted octanol–water partition coefficient (Wildman–Crippen LogP) is 3.85. The van der Waals surface area contributed by atoms with Crippen molar-refractivity contribution in [2.45, 2.75) is 79.9 Å². The standard InChI is InChI=1S/C19H31NO4/c1-10-13-14(16(21)23-18(4,5)6)11(2)20-12(3)15(13)17(22)24-19(7,8)9/h13,20H,10H2,1-9H3. The lowest BCUT2D eigenvalue weighted by atomic mass is 9.83. The van der Waals surface area contributed by atoms with Crippen LogP contribution in [0.15, 0.2) is 22.5 Å². The average Bonchev–Trinajstić information content (AvgIpc) is 2.32. The summed E-state index contributed by atoms with van der Waals surface area (Å²) < 4.78 is 11.1. The van der Waals surface area contributed by atoms with Gasteiger partial charge in [-0.25, -0.2) is 9.59 Å². The van der Waals surface area contributed by atoms with Gasteiger partial charge in [-0.15, -0.1) is 0 Å². The van der Waals surface area contributed by atoms with Gasteiger partial charge in [-0.2, -0.15) is 0 Å². The normalized spacial score (nSPS) is 16.9. The molecule has 1 aliphatic heterocycles. The first-order chi connectivity index (χ1) is 10.8. The van der Waals surface area contributed by atoms with Crippen LogP contribution in [0, 0.1) is 5.92 Å². The molecule has 0 aliphatic carbocycles. The molecule has 0 amide bonds. The molecule has 0 saturated carbocycles. The van der Waals surface area contributed by atoms with E-state index in [4.69, 9.17) is 9.47 Å².